The highest BCUT2D eigenvalue weighted by atomic mass is 32.1. The highest BCUT2D eigenvalue weighted by molar-refractivity contribution is 7.21. The van der Waals surface area contributed by atoms with Gasteiger partial charge in [-0.15, -0.1) is 16.4 Å². The number of carbonyl (C=O) groups excluding carboxylic acids is 1. The maximum atomic E-state index is 11.8. The van der Waals surface area contributed by atoms with Crippen LogP contribution in [0.15, 0.2) is 12.3 Å². The number of fused-ring (bicyclic) bond motifs is 1. The average molecular weight is 252 g/mol. The molecule has 1 amide bonds. The first-order valence-corrected chi connectivity index (χ1v) is 5.82. The van der Waals surface area contributed by atoms with E-state index in [1.54, 1.807) is 19.4 Å². The first-order valence-electron chi connectivity index (χ1n) is 5.01. The molecule has 2 rings (SSSR count). The molecule has 0 aliphatic carbocycles. The Bertz CT molecular complexity index is 540. The zero-order valence-electron chi connectivity index (χ0n) is 9.27. The van der Waals surface area contributed by atoms with Crippen molar-refractivity contribution in [2.45, 2.75) is 0 Å². The minimum absolute atomic E-state index is 0.206. The highest BCUT2D eigenvalue weighted by Gasteiger charge is 2.16. The fraction of sp³-hybridized carbons (Fsp3) is 0.300. The maximum Gasteiger partial charge on any atom is 0.263 e. The third-order valence-electron chi connectivity index (χ3n) is 2.22. The lowest BCUT2D eigenvalue weighted by Crippen LogP contribution is -2.26. The minimum Gasteiger partial charge on any atom is -0.397 e. The van der Waals surface area contributed by atoms with Crippen molar-refractivity contribution in [2.75, 3.05) is 26.0 Å². The van der Waals surface area contributed by atoms with E-state index in [-0.39, 0.29) is 5.91 Å². The second kappa shape index (κ2) is 5.07. The van der Waals surface area contributed by atoms with Crippen LogP contribution in [0.25, 0.3) is 10.2 Å². The summed E-state index contributed by atoms with van der Waals surface area (Å²) in [7, 11) is 1.58. The van der Waals surface area contributed by atoms with Crippen molar-refractivity contribution in [1.29, 1.82) is 0 Å². The maximum absolute atomic E-state index is 11.8. The van der Waals surface area contributed by atoms with Crippen LogP contribution in [-0.2, 0) is 4.74 Å². The predicted octanol–water partition coefficient (Wildman–Crippen LogP) is 0.650. The number of anilines is 1. The van der Waals surface area contributed by atoms with Crippen molar-refractivity contribution in [3.8, 4) is 0 Å². The summed E-state index contributed by atoms with van der Waals surface area (Å²) in [6.45, 7) is 0.922. The molecule has 0 spiro atoms. The van der Waals surface area contributed by atoms with Crippen LogP contribution < -0.4 is 11.1 Å². The van der Waals surface area contributed by atoms with Crippen molar-refractivity contribution in [3.05, 3.63) is 17.1 Å². The van der Waals surface area contributed by atoms with Crippen LogP contribution >= 0.6 is 11.3 Å². The smallest absolute Gasteiger partial charge is 0.263 e. The Labute approximate surface area is 102 Å². The lowest BCUT2D eigenvalue weighted by Gasteiger charge is -2.02. The number of methoxy groups -OCH3 is 1. The number of amides is 1. The van der Waals surface area contributed by atoms with E-state index in [0.29, 0.717) is 28.5 Å². The molecule has 0 unspecified atom stereocenters. The van der Waals surface area contributed by atoms with Crippen molar-refractivity contribution in [1.82, 2.24) is 15.5 Å². The van der Waals surface area contributed by atoms with E-state index in [4.69, 9.17) is 10.5 Å². The summed E-state index contributed by atoms with van der Waals surface area (Å²) in [5.41, 5.74) is 6.35. The summed E-state index contributed by atoms with van der Waals surface area (Å²) >= 11 is 1.24. The summed E-state index contributed by atoms with van der Waals surface area (Å²) in [5, 5.41) is 11.2. The van der Waals surface area contributed by atoms with Crippen molar-refractivity contribution >= 4 is 33.1 Å². The van der Waals surface area contributed by atoms with Crippen molar-refractivity contribution in [2.24, 2.45) is 0 Å². The second-order valence-electron chi connectivity index (χ2n) is 3.34. The van der Waals surface area contributed by atoms with Gasteiger partial charge in [0.1, 0.15) is 9.71 Å². The van der Waals surface area contributed by atoms with Gasteiger partial charge in [0.2, 0.25) is 0 Å². The van der Waals surface area contributed by atoms with E-state index in [1.165, 1.54) is 11.3 Å². The van der Waals surface area contributed by atoms with Crippen LogP contribution in [0.5, 0.6) is 0 Å². The lowest BCUT2D eigenvalue weighted by molar-refractivity contribution is 0.0942. The topological polar surface area (TPSA) is 90.1 Å². The molecule has 3 N–H and O–H groups in total. The summed E-state index contributed by atoms with van der Waals surface area (Å²) in [4.78, 5) is 13.0. The molecule has 0 saturated carbocycles. The van der Waals surface area contributed by atoms with E-state index in [9.17, 15) is 4.79 Å². The third-order valence-corrected chi connectivity index (χ3v) is 3.32. The minimum atomic E-state index is -0.206. The molecular formula is C10H12N4O2S. The van der Waals surface area contributed by atoms with Crippen LogP contribution in [0, 0.1) is 0 Å². The molecule has 0 radical (unpaired) electrons. The number of nitrogens with zero attached hydrogens (tertiary/aromatic N) is 2. The lowest BCUT2D eigenvalue weighted by atomic mass is 10.3. The zero-order chi connectivity index (χ0) is 12.3. The van der Waals surface area contributed by atoms with Crippen molar-refractivity contribution in [3.63, 3.8) is 0 Å². The molecule has 0 saturated heterocycles. The number of nitrogens with two attached hydrogens (primary N) is 1. The molecule has 2 aromatic heterocycles. The summed E-state index contributed by atoms with van der Waals surface area (Å²) in [6, 6.07) is 1.75. The van der Waals surface area contributed by atoms with Crippen LogP contribution in [0.1, 0.15) is 9.67 Å². The normalized spacial score (nSPS) is 10.6. The van der Waals surface area contributed by atoms with E-state index >= 15 is 0 Å². The van der Waals surface area contributed by atoms with Crippen LogP contribution in [-0.4, -0.2) is 36.4 Å². The van der Waals surface area contributed by atoms with Gasteiger partial charge in [-0.25, -0.2) is 0 Å². The van der Waals surface area contributed by atoms with Gasteiger partial charge in [-0.1, -0.05) is 0 Å². The fourth-order valence-electron chi connectivity index (χ4n) is 1.39. The van der Waals surface area contributed by atoms with E-state index in [1.807, 2.05) is 0 Å². The Morgan fingerprint density at radius 2 is 2.47 bits per heavy atom. The standard InChI is InChI=1S/C10H12N4O2S/c1-16-5-4-12-9(15)8-7(11)6-2-3-13-14-10(6)17-8/h2-3H,4-5,11H2,1H3,(H,12,15). The molecule has 0 aromatic carbocycles. The number of ether oxygens (including phenoxy) is 1. The molecule has 2 heterocycles. The number of nitrogens with one attached hydrogen (secondary N) is 1. The van der Waals surface area contributed by atoms with E-state index in [0.717, 1.165) is 5.39 Å². The van der Waals surface area contributed by atoms with E-state index < -0.39 is 0 Å². The van der Waals surface area contributed by atoms with Gasteiger partial charge in [0, 0.05) is 19.0 Å². The second-order valence-corrected chi connectivity index (χ2v) is 4.34. The molecule has 2 aromatic rings. The highest BCUT2D eigenvalue weighted by Crippen LogP contribution is 2.31. The van der Waals surface area contributed by atoms with Gasteiger partial charge in [-0.05, 0) is 6.07 Å². The number of carbonyl (C=O) groups is 1. The zero-order valence-corrected chi connectivity index (χ0v) is 10.1. The van der Waals surface area contributed by atoms with Gasteiger partial charge in [0.25, 0.3) is 5.91 Å². The number of nitrogen functional groups attached to an aromatic ring is 1. The Morgan fingerprint density at radius 3 is 3.18 bits per heavy atom. The van der Waals surface area contributed by atoms with Crippen LogP contribution in [0.2, 0.25) is 0 Å². The molecule has 17 heavy (non-hydrogen) atoms. The average Bonchev–Trinajstić information content (AvgIpc) is 2.68. The number of hydrogen-bond donors (Lipinski definition) is 2. The number of rotatable bonds is 4. The molecule has 0 aliphatic heterocycles. The molecule has 6 nitrogen and oxygen atoms in total. The van der Waals surface area contributed by atoms with Gasteiger partial charge in [0.15, 0.2) is 0 Å². The first-order chi connectivity index (χ1) is 8.24. The molecule has 0 fully saturated rings. The molecule has 0 atom stereocenters. The predicted molar refractivity (Wildman–Crippen MR) is 66.0 cm³/mol. The van der Waals surface area contributed by atoms with Gasteiger partial charge in [-0.2, -0.15) is 5.10 Å². The molecule has 0 bridgehead atoms. The molecule has 90 valence electrons. The quantitative estimate of drug-likeness (QED) is 0.780. The Morgan fingerprint density at radius 1 is 1.65 bits per heavy atom. The molecule has 0 aliphatic rings. The van der Waals surface area contributed by atoms with Gasteiger partial charge < -0.3 is 15.8 Å². The van der Waals surface area contributed by atoms with Gasteiger partial charge in [0.05, 0.1) is 18.5 Å². The molecule has 7 heteroatoms. The SMILES string of the molecule is COCCNC(=O)c1sc2nnccc2c1N. The Balaban J connectivity index is 2.23. The molecular weight excluding hydrogens is 240 g/mol. The Hall–Kier alpha value is -1.73. The van der Waals surface area contributed by atoms with Crippen molar-refractivity contribution < 1.29 is 9.53 Å². The summed E-state index contributed by atoms with van der Waals surface area (Å²) < 4.78 is 4.85. The van der Waals surface area contributed by atoms with Crippen LogP contribution in [0.4, 0.5) is 5.69 Å². The van der Waals surface area contributed by atoms with Crippen LogP contribution in [0.3, 0.4) is 0 Å². The third kappa shape index (κ3) is 2.34. The Kier molecular flexibility index (Phi) is 3.50. The number of hydrogen-bond acceptors (Lipinski definition) is 6. The first kappa shape index (κ1) is 11.7. The number of thiophene rings is 1. The van der Waals surface area contributed by atoms with Gasteiger partial charge in [-0.3, -0.25) is 4.79 Å². The number of aromatic nitrogens is 2. The van der Waals surface area contributed by atoms with E-state index in [2.05, 4.69) is 15.5 Å². The summed E-state index contributed by atoms with van der Waals surface area (Å²) in [5.74, 6) is -0.206. The van der Waals surface area contributed by atoms with Gasteiger partial charge >= 0.3 is 0 Å². The largest absolute Gasteiger partial charge is 0.397 e. The summed E-state index contributed by atoms with van der Waals surface area (Å²) in [6.07, 6.45) is 1.55. The fourth-order valence-corrected chi connectivity index (χ4v) is 2.34. The monoisotopic (exact) mass is 252 g/mol.